The van der Waals surface area contributed by atoms with Crippen LogP contribution in [0.4, 0.5) is 0 Å². The van der Waals surface area contributed by atoms with Crippen molar-refractivity contribution in [2.24, 2.45) is 0 Å². The van der Waals surface area contributed by atoms with E-state index >= 15 is 0 Å². The van der Waals surface area contributed by atoms with Gasteiger partial charge in [0.25, 0.3) is 5.91 Å². The first kappa shape index (κ1) is 20.3. The molecule has 0 aromatic heterocycles. The molecule has 3 aromatic carbocycles. The van der Waals surface area contributed by atoms with E-state index in [0.717, 1.165) is 16.7 Å². The van der Waals surface area contributed by atoms with Crippen LogP contribution in [0.5, 0.6) is 5.75 Å². The second kappa shape index (κ2) is 8.83. The highest BCUT2D eigenvalue weighted by atomic mass is 16.5. The first-order valence-corrected chi connectivity index (χ1v) is 10.1. The molecule has 0 bridgehead atoms. The van der Waals surface area contributed by atoms with E-state index in [-0.39, 0.29) is 11.8 Å². The Balaban J connectivity index is 1.68. The molecule has 2 atom stereocenters. The molecular weight excluding hydrogens is 390 g/mol. The molecule has 2 N–H and O–H groups in total. The molecule has 1 heterocycles. The summed E-state index contributed by atoms with van der Waals surface area (Å²) in [4.78, 5) is 25.8. The molecule has 3 aromatic rings. The van der Waals surface area contributed by atoms with Crippen molar-refractivity contribution in [2.75, 3.05) is 7.11 Å². The van der Waals surface area contributed by atoms with Crippen molar-refractivity contribution in [3.8, 4) is 5.75 Å². The van der Waals surface area contributed by atoms with Crippen LogP contribution in [0.2, 0.25) is 0 Å². The number of hydrazine groups is 1. The largest absolute Gasteiger partial charge is 0.497 e. The van der Waals surface area contributed by atoms with Gasteiger partial charge in [-0.25, -0.2) is 0 Å². The molecule has 1 aliphatic heterocycles. The fraction of sp³-hybridized carbons (Fsp3) is 0.160. The van der Waals surface area contributed by atoms with E-state index in [4.69, 9.17) is 4.74 Å². The maximum Gasteiger partial charge on any atom is 0.304 e. The minimum absolute atomic E-state index is 0.263. The van der Waals surface area contributed by atoms with Gasteiger partial charge in [-0.3, -0.25) is 9.59 Å². The molecule has 0 unspecified atom stereocenters. The molecule has 0 aliphatic carbocycles. The summed E-state index contributed by atoms with van der Waals surface area (Å²) in [6.45, 7) is 2.02. The third-order valence-electron chi connectivity index (χ3n) is 5.38. The zero-order valence-corrected chi connectivity index (χ0v) is 17.4. The SMILES string of the molecule is COc1ccc(C(=O)N[C@@H]2C(=O)N/[N+](=C\c3ccccc3C)[C@H]2c2ccccc2)cc1. The van der Waals surface area contributed by atoms with Crippen molar-refractivity contribution in [3.63, 3.8) is 0 Å². The summed E-state index contributed by atoms with van der Waals surface area (Å²) in [5, 5.41) is 2.91. The Kier molecular flexibility index (Phi) is 5.80. The van der Waals surface area contributed by atoms with E-state index in [9.17, 15) is 9.59 Å². The van der Waals surface area contributed by atoms with Gasteiger partial charge in [-0.2, -0.15) is 0 Å². The van der Waals surface area contributed by atoms with Gasteiger partial charge in [-0.15, -0.1) is 10.1 Å². The van der Waals surface area contributed by atoms with Crippen LogP contribution in [0, 0.1) is 6.92 Å². The van der Waals surface area contributed by atoms with Gasteiger partial charge in [0.1, 0.15) is 5.75 Å². The summed E-state index contributed by atoms with van der Waals surface area (Å²) in [7, 11) is 1.57. The van der Waals surface area contributed by atoms with E-state index in [1.165, 1.54) is 0 Å². The van der Waals surface area contributed by atoms with Crippen molar-refractivity contribution in [1.29, 1.82) is 0 Å². The van der Waals surface area contributed by atoms with Crippen LogP contribution in [0.1, 0.15) is 33.1 Å². The molecule has 1 aliphatic rings. The summed E-state index contributed by atoms with van der Waals surface area (Å²) < 4.78 is 6.92. The molecule has 0 spiro atoms. The third-order valence-corrected chi connectivity index (χ3v) is 5.38. The number of nitrogens with zero attached hydrogens (tertiary/aromatic N) is 1. The number of aryl methyl sites for hydroxylation is 1. The number of hydrazone groups is 1. The monoisotopic (exact) mass is 414 g/mol. The Morgan fingerprint density at radius 3 is 2.35 bits per heavy atom. The van der Waals surface area contributed by atoms with Crippen LogP contribution < -0.4 is 15.5 Å². The van der Waals surface area contributed by atoms with Crippen molar-refractivity contribution in [3.05, 3.63) is 101 Å². The summed E-state index contributed by atoms with van der Waals surface area (Å²) in [6.07, 6.45) is 1.91. The van der Waals surface area contributed by atoms with Crippen molar-refractivity contribution >= 4 is 18.0 Å². The summed E-state index contributed by atoms with van der Waals surface area (Å²) in [5.41, 5.74) is 6.37. The lowest BCUT2D eigenvalue weighted by Crippen LogP contribution is -2.42. The third kappa shape index (κ3) is 4.33. The van der Waals surface area contributed by atoms with Crippen LogP contribution in [0.15, 0.2) is 78.9 Å². The average molecular weight is 414 g/mol. The van der Waals surface area contributed by atoms with Crippen LogP contribution in [-0.2, 0) is 4.79 Å². The predicted octanol–water partition coefficient (Wildman–Crippen LogP) is 3.02. The molecule has 4 rings (SSSR count). The number of hydrogen-bond donors (Lipinski definition) is 2. The fourth-order valence-corrected chi connectivity index (χ4v) is 3.68. The number of hydrogen-bond acceptors (Lipinski definition) is 3. The fourth-order valence-electron chi connectivity index (χ4n) is 3.68. The highest BCUT2D eigenvalue weighted by molar-refractivity contribution is 5.98. The van der Waals surface area contributed by atoms with Gasteiger partial charge >= 0.3 is 5.91 Å². The zero-order chi connectivity index (χ0) is 21.8. The topological polar surface area (TPSA) is 70.4 Å². The molecule has 156 valence electrons. The summed E-state index contributed by atoms with van der Waals surface area (Å²) in [6, 6.07) is 23.3. The molecule has 0 saturated carbocycles. The minimum Gasteiger partial charge on any atom is -0.497 e. The van der Waals surface area contributed by atoms with E-state index in [2.05, 4.69) is 10.7 Å². The Bertz CT molecular complexity index is 1120. The number of methoxy groups -OCH3 is 1. The van der Waals surface area contributed by atoms with E-state index < -0.39 is 12.1 Å². The predicted molar refractivity (Wildman–Crippen MR) is 118 cm³/mol. The van der Waals surface area contributed by atoms with Crippen molar-refractivity contribution < 1.29 is 19.0 Å². The number of ether oxygens (including phenoxy) is 1. The smallest absolute Gasteiger partial charge is 0.304 e. The highest BCUT2D eigenvalue weighted by Crippen LogP contribution is 2.25. The van der Waals surface area contributed by atoms with Crippen LogP contribution in [-0.4, -0.2) is 35.9 Å². The lowest BCUT2D eigenvalue weighted by Gasteiger charge is -2.15. The van der Waals surface area contributed by atoms with Crippen LogP contribution in [0.3, 0.4) is 0 Å². The number of nitrogens with one attached hydrogen (secondary N) is 2. The Morgan fingerprint density at radius 2 is 1.68 bits per heavy atom. The molecule has 31 heavy (non-hydrogen) atoms. The number of amides is 2. The second-order valence-electron chi connectivity index (χ2n) is 7.40. The molecule has 6 nitrogen and oxygen atoms in total. The number of carbonyl (C=O) groups excluding carboxylic acids is 2. The Hall–Kier alpha value is -3.93. The maximum absolute atomic E-state index is 12.9. The van der Waals surface area contributed by atoms with Gasteiger partial charge in [0, 0.05) is 16.7 Å². The van der Waals surface area contributed by atoms with Gasteiger partial charge in [-0.1, -0.05) is 48.5 Å². The molecule has 6 heteroatoms. The van der Waals surface area contributed by atoms with Gasteiger partial charge < -0.3 is 10.1 Å². The average Bonchev–Trinajstić information content (AvgIpc) is 3.10. The Morgan fingerprint density at radius 1 is 1.00 bits per heavy atom. The number of rotatable bonds is 5. The second-order valence-corrected chi connectivity index (χ2v) is 7.40. The molecule has 2 amide bonds. The van der Waals surface area contributed by atoms with E-state index in [0.29, 0.717) is 11.3 Å². The first-order valence-electron chi connectivity index (χ1n) is 10.1. The highest BCUT2D eigenvalue weighted by Gasteiger charge is 2.47. The summed E-state index contributed by atoms with van der Waals surface area (Å²) in [5.74, 6) is 0.0818. The maximum atomic E-state index is 12.9. The lowest BCUT2D eigenvalue weighted by molar-refractivity contribution is -0.596. The van der Waals surface area contributed by atoms with E-state index in [1.54, 1.807) is 36.1 Å². The lowest BCUT2D eigenvalue weighted by atomic mass is 9.99. The van der Waals surface area contributed by atoms with E-state index in [1.807, 2.05) is 67.7 Å². The van der Waals surface area contributed by atoms with Gasteiger partial charge in [0.05, 0.1) is 7.11 Å². The van der Waals surface area contributed by atoms with Crippen LogP contribution >= 0.6 is 0 Å². The molecule has 1 fully saturated rings. The first-order chi connectivity index (χ1) is 15.1. The van der Waals surface area contributed by atoms with Gasteiger partial charge in [0.2, 0.25) is 12.3 Å². The van der Waals surface area contributed by atoms with Crippen molar-refractivity contribution in [1.82, 2.24) is 10.7 Å². The standard InChI is InChI=1S/C25H23N3O3/c1-17-8-6-7-11-20(17)16-28-23(18-9-4-3-5-10-18)22(25(30)27-28)26-24(29)19-12-14-21(31-2)15-13-19/h3-16,22-23H,1-2H3,(H-,26,27,29,30)/p+1/b28-16-/t22-,23-/m0/s1. The number of carbonyl (C=O) groups is 2. The molecule has 0 radical (unpaired) electrons. The van der Waals surface area contributed by atoms with Crippen LogP contribution in [0.25, 0.3) is 0 Å². The zero-order valence-electron chi connectivity index (χ0n) is 17.4. The summed E-state index contributed by atoms with van der Waals surface area (Å²) >= 11 is 0. The molecule has 1 saturated heterocycles. The quantitative estimate of drug-likeness (QED) is 0.631. The minimum atomic E-state index is -0.753. The van der Waals surface area contributed by atoms with Gasteiger partial charge in [-0.05, 0) is 42.8 Å². The van der Waals surface area contributed by atoms with Gasteiger partial charge in [0.15, 0.2) is 6.04 Å². The Labute approximate surface area is 181 Å². The normalized spacial score (nSPS) is 19.2. The number of benzene rings is 3. The molecular formula is C25H24N3O3+. The van der Waals surface area contributed by atoms with Crippen molar-refractivity contribution in [2.45, 2.75) is 19.0 Å².